The van der Waals surface area contributed by atoms with Gasteiger partial charge in [0.2, 0.25) is 0 Å². The minimum absolute atomic E-state index is 0.122. The number of ether oxygens (including phenoxy) is 1. The minimum Gasteiger partial charge on any atom is -0.384 e. The van der Waals surface area contributed by atoms with Crippen molar-refractivity contribution in [1.82, 2.24) is 5.32 Å². The lowest BCUT2D eigenvalue weighted by atomic mass is 10.1. The molecule has 5 heteroatoms. The third-order valence-electron chi connectivity index (χ3n) is 2.32. The Morgan fingerprint density at radius 3 is 2.44 bits per heavy atom. The van der Waals surface area contributed by atoms with Gasteiger partial charge in [0.25, 0.3) is 0 Å². The van der Waals surface area contributed by atoms with Gasteiger partial charge >= 0.3 is 0 Å². The summed E-state index contributed by atoms with van der Waals surface area (Å²) in [7, 11) is -1.42. The van der Waals surface area contributed by atoms with E-state index in [1.165, 1.54) is 13.5 Å². The predicted octanol–water partition coefficient (Wildman–Crippen LogP) is 1.07. The Hall–Kier alpha value is -0.130. The standard InChI is InChI=1S/C11H25NO3S/c1-11(2)5-4-6-12-7-9-16(13,14)10-8-15-3/h11-12H,4-10H2,1-3H3. The van der Waals surface area contributed by atoms with Crippen LogP contribution in [0.15, 0.2) is 0 Å². The lowest BCUT2D eigenvalue weighted by Crippen LogP contribution is -2.26. The predicted molar refractivity (Wildman–Crippen MR) is 67.5 cm³/mol. The summed E-state index contributed by atoms with van der Waals surface area (Å²) in [5.41, 5.74) is 0. The number of methoxy groups -OCH3 is 1. The van der Waals surface area contributed by atoms with Crippen molar-refractivity contribution in [3.63, 3.8) is 0 Å². The van der Waals surface area contributed by atoms with Gasteiger partial charge in [-0.15, -0.1) is 0 Å². The molecular weight excluding hydrogens is 226 g/mol. The molecule has 0 aliphatic carbocycles. The van der Waals surface area contributed by atoms with Crippen molar-refractivity contribution in [2.75, 3.05) is 38.3 Å². The van der Waals surface area contributed by atoms with Crippen molar-refractivity contribution in [2.24, 2.45) is 5.92 Å². The molecule has 0 rings (SSSR count). The number of hydrogen-bond donors (Lipinski definition) is 1. The lowest BCUT2D eigenvalue weighted by Gasteiger charge is -2.07. The Bertz CT molecular complexity index is 250. The maximum Gasteiger partial charge on any atom is 0.153 e. The quantitative estimate of drug-likeness (QED) is 0.590. The fourth-order valence-corrected chi connectivity index (χ4v) is 2.38. The van der Waals surface area contributed by atoms with Crippen LogP contribution < -0.4 is 5.32 Å². The summed E-state index contributed by atoms with van der Waals surface area (Å²) in [6.45, 7) is 6.11. The molecule has 4 nitrogen and oxygen atoms in total. The van der Waals surface area contributed by atoms with Gasteiger partial charge in [0.15, 0.2) is 9.84 Å². The van der Waals surface area contributed by atoms with E-state index >= 15 is 0 Å². The normalized spacial score (nSPS) is 12.2. The van der Waals surface area contributed by atoms with Gasteiger partial charge in [-0.3, -0.25) is 0 Å². The second kappa shape index (κ2) is 8.96. The Balaban J connectivity index is 3.43. The van der Waals surface area contributed by atoms with Crippen molar-refractivity contribution >= 4 is 9.84 Å². The summed E-state index contributed by atoms with van der Waals surface area (Å²) in [4.78, 5) is 0. The molecule has 16 heavy (non-hydrogen) atoms. The average Bonchev–Trinajstić information content (AvgIpc) is 2.20. The van der Waals surface area contributed by atoms with Crippen LogP contribution in [0.3, 0.4) is 0 Å². The van der Waals surface area contributed by atoms with Crippen molar-refractivity contribution in [3.05, 3.63) is 0 Å². The van der Waals surface area contributed by atoms with Crippen LogP contribution in [0.4, 0.5) is 0 Å². The number of hydrogen-bond acceptors (Lipinski definition) is 4. The highest BCUT2D eigenvalue weighted by molar-refractivity contribution is 7.91. The molecule has 98 valence electrons. The number of sulfone groups is 1. The number of nitrogens with one attached hydrogen (secondary N) is 1. The SMILES string of the molecule is COCCS(=O)(=O)CCNCCCC(C)C. The molecule has 0 aliphatic heterocycles. The zero-order valence-corrected chi connectivity index (χ0v) is 11.5. The molecule has 0 saturated carbocycles. The van der Waals surface area contributed by atoms with Crippen molar-refractivity contribution in [2.45, 2.75) is 26.7 Å². The average molecular weight is 251 g/mol. The van der Waals surface area contributed by atoms with Crippen LogP contribution in [0.5, 0.6) is 0 Å². The second-order valence-electron chi connectivity index (χ2n) is 4.43. The summed E-state index contributed by atoms with van der Waals surface area (Å²) in [6.07, 6.45) is 2.29. The van der Waals surface area contributed by atoms with Crippen LogP contribution in [0.2, 0.25) is 0 Å². The topological polar surface area (TPSA) is 55.4 Å². The van der Waals surface area contributed by atoms with Crippen molar-refractivity contribution < 1.29 is 13.2 Å². The Kier molecular flexibility index (Phi) is 8.89. The van der Waals surface area contributed by atoms with Gasteiger partial charge in [0, 0.05) is 13.7 Å². The molecule has 0 unspecified atom stereocenters. The maximum absolute atomic E-state index is 11.4. The molecule has 0 aromatic carbocycles. The van der Waals surface area contributed by atoms with E-state index in [2.05, 4.69) is 19.2 Å². The van der Waals surface area contributed by atoms with E-state index in [-0.39, 0.29) is 18.1 Å². The molecule has 0 radical (unpaired) electrons. The molecule has 0 fully saturated rings. The molecule has 0 bridgehead atoms. The summed E-state index contributed by atoms with van der Waals surface area (Å²) >= 11 is 0. The molecule has 0 amide bonds. The molecule has 0 heterocycles. The van der Waals surface area contributed by atoms with Crippen LogP contribution in [0.1, 0.15) is 26.7 Å². The summed E-state index contributed by atoms with van der Waals surface area (Å²) in [5.74, 6) is 1.04. The van der Waals surface area contributed by atoms with Crippen LogP contribution >= 0.6 is 0 Å². The second-order valence-corrected chi connectivity index (χ2v) is 6.73. The van der Waals surface area contributed by atoms with Gasteiger partial charge in [0.05, 0.1) is 18.1 Å². The van der Waals surface area contributed by atoms with E-state index < -0.39 is 9.84 Å². The van der Waals surface area contributed by atoms with Gasteiger partial charge in [0.1, 0.15) is 0 Å². The Morgan fingerprint density at radius 2 is 1.88 bits per heavy atom. The molecular formula is C11H25NO3S. The largest absolute Gasteiger partial charge is 0.384 e. The molecule has 0 aromatic rings. The van der Waals surface area contributed by atoms with Crippen LogP contribution in [-0.2, 0) is 14.6 Å². The summed E-state index contributed by atoms with van der Waals surface area (Å²) in [5, 5.41) is 3.15. The van der Waals surface area contributed by atoms with Gasteiger partial charge in [-0.05, 0) is 25.3 Å². The Morgan fingerprint density at radius 1 is 1.19 bits per heavy atom. The van der Waals surface area contributed by atoms with Crippen LogP contribution in [0.25, 0.3) is 0 Å². The Labute approximate surface area is 99.7 Å². The highest BCUT2D eigenvalue weighted by Crippen LogP contribution is 2.01. The van der Waals surface area contributed by atoms with E-state index in [1.807, 2.05) is 0 Å². The van der Waals surface area contributed by atoms with Gasteiger partial charge in [-0.1, -0.05) is 13.8 Å². The first-order chi connectivity index (χ1) is 7.48. The fraction of sp³-hybridized carbons (Fsp3) is 1.00. The van der Waals surface area contributed by atoms with Gasteiger partial charge < -0.3 is 10.1 Å². The van der Waals surface area contributed by atoms with E-state index in [4.69, 9.17) is 4.74 Å². The van der Waals surface area contributed by atoms with E-state index in [1.54, 1.807) is 0 Å². The molecule has 0 aliphatic rings. The van der Waals surface area contributed by atoms with Crippen molar-refractivity contribution in [1.29, 1.82) is 0 Å². The third-order valence-corrected chi connectivity index (χ3v) is 3.94. The van der Waals surface area contributed by atoms with Crippen LogP contribution in [0, 0.1) is 5.92 Å². The van der Waals surface area contributed by atoms with E-state index in [0.717, 1.165) is 13.0 Å². The first kappa shape index (κ1) is 15.9. The molecule has 0 atom stereocenters. The fourth-order valence-electron chi connectivity index (χ4n) is 1.30. The third kappa shape index (κ3) is 10.4. The molecule has 0 saturated heterocycles. The van der Waals surface area contributed by atoms with Crippen molar-refractivity contribution in [3.8, 4) is 0 Å². The zero-order chi connectivity index (χ0) is 12.4. The van der Waals surface area contributed by atoms with E-state index in [9.17, 15) is 8.42 Å². The lowest BCUT2D eigenvalue weighted by molar-refractivity contribution is 0.217. The first-order valence-corrected chi connectivity index (χ1v) is 7.70. The zero-order valence-electron chi connectivity index (χ0n) is 10.7. The molecule has 1 N–H and O–H groups in total. The monoisotopic (exact) mass is 251 g/mol. The number of rotatable bonds is 10. The first-order valence-electron chi connectivity index (χ1n) is 5.88. The van der Waals surface area contributed by atoms with Gasteiger partial charge in [-0.2, -0.15) is 0 Å². The summed E-state index contributed by atoms with van der Waals surface area (Å²) in [6, 6.07) is 0. The summed E-state index contributed by atoms with van der Waals surface area (Å²) < 4.78 is 27.6. The highest BCUT2D eigenvalue weighted by atomic mass is 32.2. The molecule has 0 aromatic heterocycles. The molecule has 0 spiro atoms. The maximum atomic E-state index is 11.4. The minimum atomic E-state index is -2.93. The highest BCUT2D eigenvalue weighted by Gasteiger charge is 2.09. The van der Waals surface area contributed by atoms with E-state index in [0.29, 0.717) is 12.5 Å². The smallest absolute Gasteiger partial charge is 0.153 e. The van der Waals surface area contributed by atoms with Gasteiger partial charge in [-0.25, -0.2) is 8.42 Å². The van der Waals surface area contributed by atoms with Crippen LogP contribution in [-0.4, -0.2) is 46.7 Å².